The van der Waals surface area contributed by atoms with Crippen molar-refractivity contribution < 1.29 is 13.2 Å². The van der Waals surface area contributed by atoms with E-state index in [9.17, 15) is 13.2 Å². The first-order valence-corrected chi connectivity index (χ1v) is 18.4. The molecular weight excluding hydrogens is 722 g/mol. The highest BCUT2D eigenvalue weighted by Gasteiger charge is 2.62. The van der Waals surface area contributed by atoms with E-state index in [0.717, 1.165) is 42.5 Å². The average molecular weight is 750 g/mol. The van der Waals surface area contributed by atoms with Crippen LogP contribution >= 0.6 is 43.6 Å². The summed E-state index contributed by atoms with van der Waals surface area (Å²) in [5, 5.41) is 0.593. The SMILES string of the molecule is CS(=O)(=O)NC1=C2C(=N[C@]3(C(=O)N(Cc4ccccc4)c4ccccc43)[C@@H]2c2ccc(Br)cc2)S[C@H](c2ccc(Br)cc2)C1. The summed E-state index contributed by atoms with van der Waals surface area (Å²) < 4.78 is 30.4. The number of hydrogen-bond donors (Lipinski definition) is 1. The lowest BCUT2D eigenvalue weighted by atomic mass is 9.73. The van der Waals surface area contributed by atoms with Crippen LogP contribution in [0.4, 0.5) is 5.69 Å². The third kappa shape index (κ3) is 5.15. The summed E-state index contributed by atoms with van der Waals surface area (Å²) in [6.45, 7) is 0.401. The number of benzene rings is 4. The molecule has 222 valence electrons. The number of carbonyl (C=O) groups excluding carboxylic acids is 1. The van der Waals surface area contributed by atoms with E-state index in [-0.39, 0.29) is 11.2 Å². The van der Waals surface area contributed by atoms with Gasteiger partial charge >= 0.3 is 0 Å². The molecule has 0 bridgehead atoms. The molecule has 0 aromatic heterocycles. The Labute approximate surface area is 278 Å². The monoisotopic (exact) mass is 747 g/mol. The van der Waals surface area contributed by atoms with Crippen LogP contribution in [0.5, 0.6) is 0 Å². The molecule has 3 aliphatic heterocycles. The van der Waals surface area contributed by atoms with Crippen molar-refractivity contribution in [3.8, 4) is 0 Å². The van der Waals surface area contributed by atoms with Crippen molar-refractivity contribution in [2.24, 2.45) is 4.99 Å². The summed E-state index contributed by atoms with van der Waals surface area (Å²) in [7, 11) is -3.63. The number of anilines is 1. The van der Waals surface area contributed by atoms with Crippen molar-refractivity contribution in [2.45, 2.75) is 29.7 Å². The van der Waals surface area contributed by atoms with Gasteiger partial charge in [-0.05, 0) is 47.0 Å². The van der Waals surface area contributed by atoms with Gasteiger partial charge in [0.25, 0.3) is 5.91 Å². The van der Waals surface area contributed by atoms with Gasteiger partial charge in [-0.25, -0.2) is 8.42 Å². The second-order valence-electron chi connectivity index (χ2n) is 11.2. The first kappa shape index (κ1) is 29.5. The van der Waals surface area contributed by atoms with Crippen LogP contribution in [0.3, 0.4) is 0 Å². The molecule has 4 aromatic carbocycles. The summed E-state index contributed by atoms with van der Waals surface area (Å²) in [5.41, 5.74) is 4.65. The predicted octanol–water partition coefficient (Wildman–Crippen LogP) is 7.83. The first-order chi connectivity index (χ1) is 21.1. The van der Waals surface area contributed by atoms with Crippen molar-refractivity contribution in [1.29, 1.82) is 0 Å². The van der Waals surface area contributed by atoms with Gasteiger partial charge in [0.2, 0.25) is 10.0 Å². The fourth-order valence-corrected chi connectivity index (χ4v) is 9.05. The summed E-state index contributed by atoms with van der Waals surface area (Å²) in [5.74, 6) is -0.660. The van der Waals surface area contributed by atoms with Gasteiger partial charge in [0.15, 0.2) is 5.54 Å². The maximum absolute atomic E-state index is 15.0. The van der Waals surface area contributed by atoms with Gasteiger partial charge in [-0.1, -0.05) is 116 Å². The molecule has 3 heterocycles. The van der Waals surface area contributed by atoms with Crippen molar-refractivity contribution in [2.75, 3.05) is 11.2 Å². The number of aliphatic imine (C=N–C) groups is 1. The van der Waals surface area contributed by atoms with Crippen LogP contribution in [0.25, 0.3) is 0 Å². The Bertz CT molecular complexity index is 1950. The lowest BCUT2D eigenvalue weighted by molar-refractivity contribution is -0.123. The fraction of sp³-hybridized carbons (Fsp3) is 0.176. The van der Waals surface area contributed by atoms with Gasteiger partial charge in [-0.3, -0.25) is 14.5 Å². The molecule has 0 fully saturated rings. The number of nitrogens with zero attached hydrogens (tertiary/aromatic N) is 2. The number of fused-ring (bicyclic) bond motifs is 3. The normalized spacial score (nSPS) is 22.7. The molecule has 1 spiro atoms. The molecule has 0 unspecified atom stereocenters. The number of hydrogen-bond acceptors (Lipinski definition) is 5. The molecule has 4 aromatic rings. The molecule has 1 N–H and O–H groups in total. The second kappa shape index (κ2) is 11.3. The Hall–Kier alpha value is -3.18. The van der Waals surface area contributed by atoms with Gasteiger partial charge in [-0.2, -0.15) is 0 Å². The second-order valence-corrected chi connectivity index (χ2v) is 16.0. The van der Waals surface area contributed by atoms with Crippen LogP contribution < -0.4 is 9.62 Å². The van der Waals surface area contributed by atoms with E-state index in [1.807, 2.05) is 108 Å². The zero-order chi connectivity index (χ0) is 30.6. The third-order valence-corrected chi connectivity index (χ3v) is 11.2. The van der Waals surface area contributed by atoms with Crippen molar-refractivity contribution in [3.05, 3.63) is 146 Å². The Morgan fingerprint density at radius 3 is 2.16 bits per heavy atom. The highest BCUT2D eigenvalue weighted by atomic mass is 79.9. The van der Waals surface area contributed by atoms with Crippen LogP contribution in [0.2, 0.25) is 0 Å². The molecule has 10 heteroatoms. The summed E-state index contributed by atoms with van der Waals surface area (Å²) in [6.07, 6.45) is 1.62. The number of nitrogens with one attached hydrogen (secondary N) is 1. The highest BCUT2D eigenvalue weighted by Crippen LogP contribution is 2.61. The van der Waals surface area contributed by atoms with Gasteiger partial charge < -0.3 is 4.90 Å². The molecule has 7 rings (SSSR count). The molecule has 0 saturated carbocycles. The number of amides is 1. The number of carbonyl (C=O) groups is 1. The third-order valence-electron chi connectivity index (χ3n) is 8.30. The van der Waals surface area contributed by atoms with E-state index in [1.165, 1.54) is 6.26 Å². The van der Waals surface area contributed by atoms with Crippen LogP contribution in [-0.2, 0) is 26.9 Å². The minimum Gasteiger partial charge on any atom is -0.305 e. The number of thioether (sulfide) groups is 1. The van der Waals surface area contributed by atoms with E-state index in [0.29, 0.717) is 23.7 Å². The quantitative estimate of drug-likeness (QED) is 0.218. The molecule has 3 aliphatic rings. The number of para-hydroxylation sites is 1. The molecule has 0 saturated heterocycles. The minimum atomic E-state index is -3.63. The summed E-state index contributed by atoms with van der Waals surface area (Å²) in [4.78, 5) is 22.2. The van der Waals surface area contributed by atoms with E-state index in [1.54, 1.807) is 11.8 Å². The lowest BCUT2D eigenvalue weighted by Gasteiger charge is -2.32. The molecule has 6 nitrogen and oxygen atoms in total. The Morgan fingerprint density at radius 1 is 0.886 bits per heavy atom. The maximum atomic E-state index is 15.0. The van der Waals surface area contributed by atoms with E-state index in [2.05, 4.69) is 36.6 Å². The maximum Gasteiger partial charge on any atom is 0.260 e. The topological polar surface area (TPSA) is 78.8 Å². The molecule has 3 atom stereocenters. The number of allylic oxidation sites excluding steroid dienone is 1. The zero-order valence-electron chi connectivity index (χ0n) is 23.6. The van der Waals surface area contributed by atoms with Crippen molar-refractivity contribution in [1.82, 2.24) is 4.72 Å². The Kier molecular flexibility index (Phi) is 7.59. The standard InChI is InChI=1S/C34H27Br2N3O3S2/c1-44(41,42)38-27-19-29(22-11-15-24(35)16-12-22)43-32-30(27)31(23-13-17-25(36)18-14-23)34(37-32)26-9-5-6-10-28(26)39(33(34)40)20-21-7-3-2-4-8-21/h2-18,29,31,38H,19-20H2,1H3/t29-,31+,34-/m0/s1. The van der Waals surface area contributed by atoms with Gasteiger partial charge in [0, 0.05) is 37.4 Å². The Morgan fingerprint density at radius 2 is 1.50 bits per heavy atom. The Balaban J connectivity index is 1.46. The molecule has 0 radical (unpaired) electrons. The molecule has 44 heavy (non-hydrogen) atoms. The molecule has 0 aliphatic carbocycles. The van der Waals surface area contributed by atoms with Crippen molar-refractivity contribution in [3.63, 3.8) is 0 Å². The fourth-order valence-electron chi connectivity index (χ4n) is 6.50. The van der Waals surface area contributed by atoms with Crippen molar-refractivity contribution >= 4 is 70.3 Å². The minimum absolute atomic E-state index is 0.0947. The summed E-state index contributed by atoms with van der Waals surface area (Å²) >= 11 is 8.67. The zero-order valence-corrected chi connectivity index (χ0v) is 28.4. The molecular formula is C34H27Br2N3O3S2. The van der Waals surface area contributed by atoms with E-state index < -0.39 is 21.5 Å². The number of sulfonamides is 1. The largest absolute Gasteiger partial charge is 0.305 e. The van der Waals surface area contributed by atoms with E-state index >= 15 is 0 Å². The van der Waals surface area contributed by atoms with Gasteiger partial charge in [0.05, 0.1) is 29.4 Å². The smallest absolute Gasteiger partial charge is 0.260 e. The molecule has 1 amide bonds. The van der Waals surface area contributed by atoms with Crippen LogP contribution in [0.15, 0.2) is 128 Å². The van der Waals surface area contributed by atoms with Crippen LogP contribution in [0, 0.1) is 0 Å². The van der Waals surface area contributed by atoms with Gasteiger partial charge in [0.1, 0.15) is 0 Å². The first-order valence-electron chi connectivity index (χ1n) is 14.1. The van der Waals surface area contributed by atoms with Gasteiger partial charge in [-0.15, -0.1) is 0 Å². The summed E-state index contributed by atoms with van der Waals surface area (Å²) in [6, 6.07) is 33.8. The average Bonchev–Trinajstić information content (AvgIpc) is 3.47. The van der Waals surface area contributed by atoms with Crippen LogP contribution in [-0.4, -0.2) is 25.6 Å². The predicted molar refractivity (Wildman–Crippen MR) is 184 cm³/mol. The number of halogens is 2. The highest BCUT2D eigenvalue weighted by molar-refractivity contribution is 9.10. The van der Waals surface area contributed by atoms with Crippen LogP contribution in [0.1, 0.15) is 39.8 Å². The lowest BCUT2D eigenvalue weighted by Crippen LogP contribution is -2.42. The van der Waals surface area contributed by atoms with E-state index in [4.69, 9.17) is 4.99 Å². The number of rotatable bonds is 6.